The zero-order chi connectivity index (χ0) is 19.8. The number of halogens is 1. The van der Waals surface area contributed by atoms with E-state index in [0.717, 1.165) is 16.9 Å². The summed E-state index contributed by atoms with van der Waals surface area (Å²) in [5.74, 6) is 1.25. The van der Waals surface area contributed by atoms with Crippen LogP contribution in [0, 0.1) is 11.8 Å². The lowest BCUT2D eigenvalue weighted by Gasteiger charge is -2.41. The Kier molecular flexibility index (Phi) is 6.67. The molecule has 2 aliphatic rings. The van der Waals surface area contributed by atoms with Crippen LogP contribution in [-0.4, -0.2) is 73.7 Å². The molecular weight excluding hydrogens is 450 g/mol. The number of likely N-dealkylation sites (tertiary alicyclic amines) is 1. The highest BCUT2D eigenvalue weighted by Gasteiger charge is 2.35. The van der Waals surface area contributed by atoms with Gasteiger partial charge in [0.15, 0.2) is 0 Å². The van der Waals surface area contributed by atoms with E-state index in [1.54, 1.807) is 12.1 Å². The standard InChI is InChI=1S/C18H28BrN3O3S2/c1-13-10-14(2)12-21(11-13)18(23)15(3)20-6-8-22(9-7-20)27(24,25)17-5-4-16(19)26-17/h4-5,13-15H,6-12H2,1-3H3/t13-,14-,15-/m1/s1. The van der Waals surface area contributed by atoms with Crippen LogP contribution in [0.3, 0.4) is 0 Å². The summed E-state index contributed by atoms with van der Waals surface area (Å²) in [5.41, 5.74) is 0. The summed E-state index contributed by atoms with van der Waals surface area (Å²) in [7, 11) is -3.45. The topological polar surface area (TPSA) is 60.9 Å². The maximum absolute atomic E-state index is 12.9. The second-order valence-corrected chi connectivity index (χ2v) is 12.5. The van der Waals surface area contributed by atoms with E-state index in [1.165, 1.54) is 22.1 Å². The van der Waals surface area contributed by atoms with Gasteiger partial charge in [-0.2, -0.15) is 4.31 Å². The van der Waals surface area contributed by atoms with Gasteiger partial charge in [-0.3, -0.25) is 9.69 Å². The number of hydrogen-bond donors (Lipinski definition) is 0. The molecule has 3 heterocycles. The molecule has 1 aromatic rings. The van der Waals surface area contributed by atoms with Crippen molar-refractivity contribution in [2.24, 2.45) is 11.8 Å². The van der Waals surface area contributed by atoms with Crippen molar-refractivity contribution in [2.45, 2.75) is 37.4 Å². The van der Waals surface area contributed by atoms with Crippen LogP contribution in [0.2, 0.25) is 0 Å². The summed E-state index contributed by atoms with van der Waals surface area (Å²) in [6, 6.07) is 3.19. The van der Waals surface area contributed by atoms with Gasteiger partial charge in [-0.25, -0.2) is 8.42 Å². The zero-order valence-electron chi connectivity index (χ0n) is 16.1. The Hall–Kier alpha value is -0.480. The highest BCUT2D eigenvalue weighted by Crippen LogP contribution is 2.29. The highest BCUT2D eigenvalue weighted by molar-refractivity contribution is 9.11. The lowest BCUT2D eigenvalue weighted by molar-refractivity contribution is -0.139. The van der Waals surface area contributed by atoms with Crippen LogP contribution in [0.4, 0.5) is 0 Å². The summed E-state index contributed by atoms with van der Waals surface area (Å²) >= 11 is 4.56. The number of thiophene rings is 1. The van der Waals surface area contributed by atoms with E-state index in [2.05, 4.69) is 34.7 Å². The number of hydrogen-bond acceptors (Lipinski definition) is 5. The lowest BCUT2D eigenvalue weighted by Crippen LogP contribution is -2.56. The molecule has 9 heteroatoms. The quantitative estimate of drug-likeness (QED) is 0.668. The predicted octanol–water partition coefficient (Wildman–Crippen LogP) is 2.71. The maximum atomic E-state index is 12.9. The van der Waals surface area contributed by atoms with Gasteiger partial charge in [0.2, 0.25) is 5.91 Å². The van der Waals surface area contributed by atoms with Crippen molar-refractivity contribution in [1.82, 2.24) is 14.1 Å². The van der Waals surface area contributed by atoms with E-state index in [1.807, 2.05) is 11.8 Å². The third kappa shape index (κ3) is 4.75. The number of sulfonamides is 1. The number of carbonyl (C=O) groups excluding carboxylic acids is 1. The van der Waals surface area contributed by atoms with Crippen LogP contribution < -0.4 is 0 Å². The Morgan fingerprint density at radius 1 is 1.15 bits per heavy atom. The molecule has 3 rings (SSSR count). The van der Waals surface area contributed by atoms with Crippen molar-refractivity contribution < 1.29 is 13.2 Å². The van der Waals surface area contributed by atoms with Crippen molar-refractivity contribution in [3.63, 3.8) is 0 Å². The Bertz CT molecular complexity index is 765. The molecule has 152 valence electrons. The molecule has 6 nitrogen and oxygen atoms in total. The van der Waals surface area contributed by atoms with Gasteiger partial charge in [0.1, 0.15) is 4.21 Å². The Morgan fingerprint density at radius 2 is 1.74 bits per heavy atom. The molecule has 0 bridgehead atoms. The van der Waals surface area contributed by atoms with Crippen LogP contribution in [0.25, 0.3) is 0 Å². The fourth-order valence-corrected chi connectivity index (χ4v) is 7.74. The molecule has 2 aliphatic heterocycles. The average Bonchev–Trinajstić information content (AvgIpc) is 3.07. The van der Waals surface area contributed by atoms with E-state index in [0.29, 0.717) is 42.2 Å². The molecular formula is C18H28BrN3O3S2. The summed E-state index contributed by atoms with van der Waals surface area (Å²) in [4.78, 5) is 17.0. The monoisotopic (exact) mass is 477 g/mol. The minimum atomic E-state index is -3.45. The number of piperidine rings is 1. The minimum absolute atomic E-state index is 0.173. The smallest absolute Gasteiger partial charge is 0.252 e. The Balaban J connectivity index is 1.59. The van der Waals surface area contributed by atoms with Gasteiger partial charge in [0.25, 0.3) is 10.0 Å². The second kappa shape index (κ2) is 8.49. The van der Waals surface area contributed by atoms with Gasteiger partial charge in [0, 0.05) is 39.3 Å². The van der Waals surface area contributed by atoms with Crippen LogP contribution >= 0.6 is 27.3 Å². The molecule has 0 aromatic carbocycles. The van der Waals surface area contributed by atoms with Gasteiger partial charge in [0.05, 0.1) is 9.83 Å². The van der Waals surface area contributed by atoms with Crippen LogP contribution in [0.15, 0.2) is 20.1 Å². The van der Waals surface area contributed by atoms with Gasteiger partial charge >= 0.3 is 0 Å². The summed E-state index contributed by atoms with van der Waals surface area (Å²) in [5, 5.41) is 0. The lowest BCUT2D eigenvalue weighted by atomic mass is 9.91. The van der Waals surface area contributed by atoms with Crippen molar-refractivity contribution >= 4 is 43.2 Å². The first-order valence-corrected chi connectivity index (χ1v) is 12.5. The number of nitrogens with zero attached hydrogens (tertiary/aromatic N) is 3. The summed E-state index contributed by atoms with van der Waals surface area (Å²) in [6.45, 7) is 10.0. The average molecular weight is 478 g/mol. The molecule has 0 unspecified atom stereocenters. The molecule has 3 atom stereocenters. The van der Waals surface area contributed by atoms with E-state index < -0.39 is 10.0 Å². The predicted molar refractivity (Wildman–Crippen MR) is 111 cm³/mol. The van der Waals surface area contributed by atoms with Crippen molar-refractivity contribution in [3.05, 3.63) is 15.9 Å². The maximum Gasteiger partial charge on any atom is 0.252 e. The third-order valence-electron chi connectivity index (χ3n) is 5.50. The first-order valence-electron chi connectivity index (χ1n) is 9.46. The molecule has 27 heavy (non-hydrogen) atoms. The second-order valence-electron chi connectivity index (χ2n) is 7.86. The van der Waals surface area contributed by atoms with E-state index in [4.69, 9.17) is 0 Å². The van der Waals surface area contributed by atoms with E-state index >= 15 is 0 Å². The molecule has 0 spiro atoms. The first-order chi connectivity index (χ1) is 12.7. The number of piperazine rings is 1. The first kappa shape index (κ1) is 21.2. The molecule has 0 aliphatic carbocycles. The number of carbonyl (C=O) groups is 1. The summed E-state index contributed by atoms with van der Waals surface area (Å²) in [6.07, 6.45) is 1.17. The normalized spacial score (nSPS) is 26.9. The minimum Gasteiger partial charge on any atom is -0.341 e. The Morgan fingerprint density at radius 3 is 2.26 bits per heavy atom. The largest absolute Gasteiger partial charge is 0.341 e. The Labute approximate surface area is 174 Å². The molecule has 1 amide bonds. The molecule has 2 saturated heterocycles. The molecule has 1 aromatic heterocycles. The SMILES string of the molecule is C[C@@H]1C[C@@H](C)CN(C(=O)[C@@H](C)N2CCN(S(=O)(=O)c3ccc(Br)s3)CC2)C1. The van der Waals surface area contributed by atoms with Crippen molar-refractivity contribution in [1.29, 1.82) is 0 Å². The van der Waals surface area contributed by atoms with Gasteiger partial charge < -0.3 is 4.90 Å². The number of amides is 1. The van der Waals surface area contributed by atoms with Crippen LogP contribution in [0.5, 0.6) is 0 Å². The fraction of sp³-hybridized carbons (Fsp3) is 0.722. The van der Waals surface area contributed by atoms with Crippen LogP contribution in [0.1, 0.15) is 27.2 Å². The number of rotatable bonds is 4. The zero-order valence-corrected chi connectivity index (χ0v) is 19.3. The molecule has 0 radical (unpaired) electrons. The van der Waals surface area contributed by atoms with Crippen LogP contribution in [-0.2, 0) is 14.8 Å². The summed E-state index contributed by atoms with van der Waals surface area (Å²) < 4.78 is 28.2. The molecule has 2 fully saturated rings. The third-order valence-corrected chi connectivity index (χ3v) is 9.49. The van der Waals surface area contributed by atoms with Gasteiger partial charge in [-0.15, -0.1) is 11.3 Å². The molecule has 0 saturated carbocycles. The van der Waals surface area contributed by atoms with E-state index in [-0.39, 0.29) is 11.9 Å². The van der Waals surface area contributed by atoms with Gasteiger partial charge in [-0.1, -0.05) is 13.8 Å². The van der Waals surface area contributed by atoms with Gasteiger partial charge in [-0.05, 0) is 53.2 Å². The fourth-order valence-electron chi connectivity index (χ4n) is 4.16. The van der Waals surface area contributed by atoms with E-state index in [9.17, 15) is 13.2 Å². The van der Waals surface area contributed by atoms with Crippen molar-refractivity contribution in [3.8, 4) is 0 Å². The highest BCUT2D eigenvalue weighted by atomic mass is 79.9. The van der Waals surface area contributed by atoms with Crippen molar-refractivity contribution in [2.75, 3.05) is 39.3 Å². The molecule has 0 N–H and O–H groups in total.